The fourth-order valence-electron chi connectivity index (χ4n) is 4.05. The molecule has 0 radical (unpaired) electrons. The Bertz CT molecular complexity index is 1070. The molecule has 0 aliphatic carbocycles. The number of aromatic nitrogens is 1. The van der Waals surface area contributed by atoms with Crippen LogP contribution in [0.1, 0.15) is 51.1 Å². The number of halogens is 6. The van der Waals surface area contributed by atoms with E-state index in [1.165, 1.54) is 30.6 Å². The third-order valence-electron chi connectivity index (χ3n) is 5.83. The summed E-state index contributed by atoms with van der Waals surface area (Å²) in [6.45, 7) is 10.2. The van der Waals surface area contributed by atoms with Crippen molar-refractivity contribution in [3.8, 4) is 0 Å². The summed E-state index contributed by atoms with van der Waals surface area (Å²) in [5.74, 6) is 0.453. The number of hydrogen-bond donors (Lipinski definition) is 1. The molecule has 3 aliphatic heterocycles. The van der Waals surface area contributed by atoms with Crippen molar-refractivity contribution in [2.75, 3.05) is 20.6 Å². The summed E-state index contributed by atoms with van der Waals surface area (Å²) in [6.07, 6.45) is -2.87. The molecule has 3 unspecified atom stereocenters. The van der Waals surface area contributed by atoms with E-state index in [-0.39, 0.29) is 29.0 Å². The van der Waals surface area contributed by atoms with Crippen molar-refractivity contribution in [3.63, 3.8) is 0 Å². The molecule has 230 valence electrons. The highest BCUT2D eigenvalue weighted by atomic mass is 19.4. The van der Waals surface area contributed by atoms with E-state index in [1.54, 1.807) is 26.1 Å². The Labute approximate surface area is 231 Å². The van der Waals surface area contributed by atoms with Crippen LogP contribution in [0.5, 0.6) is 0 Å². The number of rotatable bonds is 2. The lowest BCUT2D eigenvalue weighted by atomic mass is 10.0. The first-order valence-electron chi connectivity index (χ1n) is 12.3. The second-order valence-corrected chi connectivity index (χ2v) is 8.77. The lowest BCUT2D eigenvalue weighted by Gasteiger charge is -2.36. The largest absolute Gasteiger partial charge is 0.430 e. The summed E-state index contributed by atoms with van der Waals surface area (Å²) in [6, 6.07) is 0.729. The Morgan fingerprint density at radius 3 is 2.05 bits per heavy atom. The lowest BCUT2D eigenvalue weighted by molar-refractivity contribution is -0.142. The van der Waals surface area contributed by atoms with E-state index >= 15 is 0 Å². The average molecular weight is 586 g/mol. The third kappa shape index (κ3) is 8.70. The molecule has 4 rings (SSSR count). The van der Waals surface area contributed by atoms with Crippen LogP contribution in [0.2, 0.25) is 0 Å². The number of likely N-dealkylation sites (N-methyl/N-ethyl adjacent to an activating group) is 2. The molecule has 3 aliphatic rings. The highest BCUT2D eigenvalue weighted by Gasteiger charge is 2.45. The second kappa shape index (κ2) is 15.6. The molecule has 40 heavy (non-hydrogen) atoms. The molecule has 7 N–H and O–H groups in total. The van der Waals surface area contributed by atoms with Gasteiger partial charge < -0.3 is 31.5 Å². The number of aryl methyl sites for hydroxylation is 1. The molecule has 1 aromatic heterocycles. The zero-order valence-corrected chi connectivity index (χ0v) is 23.7. The number of nitrogens with zero attached hydrogens (tertiary/aromatic N) is 4. The summed E-state index contributed by atoms with van der Waals surface area (Å²) in [4.78, 5) is 12.1. The Balaban J connectivity index is 0. The number of allylic oxidation sites excluding steroid dienone is 3. The van der Waals surface area contributed by atoms with E-state index in [0.29, 0.717) is 22.8 Å². The number of aliphatic imine (C=N–C) groups is 1. The van der Waals surface area contributed by atoms with Gasteiger partial charge in [-0.3, -0.25) is 4.99 Å². The zero-order chi connectivity index (χ0) is 28.1. The standard InChI is InChI=1S/C21H21F6N5.C3H8.C2H6.3H2O/c1-11-4-6-13(12-5-7-16(28-9-12)20(22,23)24)29-18(11)19-30-14-8-17(21(25,26)27)31(2)10-15(14)32(19)3;1-3-2;1-2;;;/h4-9,14-16,28H,10H2,1-3H3;3H2,1-2H3;1-2H3;3*1H2. The summed E-state index contributed by atoms with van der Waals surface area (Å²) in [5, 5.41) is 2.31. The van der Waals surface area contributed by atoms with Gasteiger partial charge in [-0.05, 0) is 24.6 Å². The molecule has 0 bridgehead atoms. The number of amidine groups is 1. The Kier molecular flexibility index (Phi) is 15.3. The van der Waals surface area contributed by atoms with Crippen LogP contribution >= 0.6 is 0 Å². The topological polar surface area (TPSA) is 138 Å². The maximum absolute atomic E-state index is 13.3. The SMILES string of the molecule is CC.CCC.Cc1ccc(C2=CNC(C(F)(F)F)C=C2)nc1C1=NC2C=C(C(F)(F)F)N(C)CC2N1C.O.O.O. The Morgan fingerprint density at radius 1 is 1.00 bits per heavy atom. The minimum absolute atomic E-state index is 0. The first-order valence-corrected chi connectivity index (χ1v) is 12.3. The fourth-order valence-corrected chi connectivity index (χ4v) is 4.05. The minimum Gasteiger partial charge on any atom is -0.412 e. The van der Waals surface area contributed by atoms with Crippen LogP contribution in [0.3, 0.4) is 0 Å². The summed E-state index contributed by atoms with van der Waals surface area (Å²) < 4.78 is 78.5. The van der Waals surface area contributed by atoms with Gasteiger partial charge >= 0.3 is 12.4 Å². The van der Waals surface area contributed by atoms with Gasteiger partial charge in [0.25, 0.3) is 0 Å². The summed E-state index contributed by atoms with van der Waals surface area (Å²) >= 11 is 0. The lowest BCUT2D eigenvalue weighted by Crippen LogP contribution is -2.49. The quantitative estimate of drug-likeness (QED) is 0.530. The third-order valence-corrected chi connectivity index (χ3v) is 5.83. The van der Waals surface area contributed by atoms with E-state index in [1.807, 2.05) is 18.7 Å². The second-order valence-electron chi connectivity index (χ2n) is 8.77. The number of nitrogens with one attached hydrogen (secondary N) is 1. The van der Waals surface area contributed by atoms with E-state index in [9.17, 15) is 26.3 Å². The maximum atomic E-state index is 13.3. The Morgan fingerprint density at radius 2 is 1.57 bits per heavy atom. The van der Waals surface area contributed by atoms with Crippen LogP contribution in [0.25, 0.3) is 5.57 Å². The van der Waals surface area contributed by atoms with Gasteiger partial charge in [-0.1, -0.05) is 52.3 Å². The molecule has 1 aromatic rings. The molecule has 0 saturated carbocycles. The van der Waals surface area contributed by atoms with Crippen LogP contribution in [0, 0.1) is 6.92 Å². The van der Waals surface area contributed by atoms with Gasteiger partial charge in [0.15, 0.2) is 5.84 Å². The summed E-state index contributed by atoms with van der Waals surface area (Å²) in [7, 11) is 3.15. The van der Waals surface area contributed by atoms with Crippen LogP contribution < -0.4 is 5.32 Å². The summed E-state index contributed by atoms with van der Waals surface area (Å²) in [5.41, 5.74) is 1.41. The predicted octanol–water partition coefficient (Wildman–Crippen LogP) is 3.61. The van der Waals surface area contributed by atoms with Crippen molar-refractivity contribution in [2.24, 2.45) is 4.99 Å². The molecule has 8 nitrogen and oxygen atoms in total. The van der Waals surface area contributed by atoms with Gasteiger partial charge in [0.1, 0.15) is 17.4 Å². The first-order chi connectivity index (χ1) is 17.3. The van der Waals surface area contributed by atoms with Crippen molar-refractivity contribution in [2.45, 2.75) is 71.5 Å². The highest BCUT2D eigenvalue weighted by molar-refractivity contribution is 6.00. The normalized spacial score (nSPS) is 21.2. The number of dihydropyridines is 1. The number of hydrogen-bond acceptors (Lipinski definition) is 5. The highest BCUT2D eigenvalue weighted by Crippen LogP contribution is 2.35. The van der Waals surface area contributed by atoms with Gasteiger partial charge in [0, 0.05) is 32.4 Å². The molecule has 0 aromatic carbocycles. The molecule has 14 heteroatoms. The smallest absolute Gasteiger partial charge is 0.412 e. The molecule has 0 fully saturated rings. The molecule has 0 spiro atoms. The van der Waals surface area contributed by atoms with Crippen molar-refractivity contribution < 1.29 is 42.8 Å². The maximum Gasteiger partial charge on any atom is 0.430 e. The van der Waals surface area contributed by atoms with Crippen molar-refractivity contribution in [3.05, 3.63) is 59.2 Å². The predicted molar refractivity (Wildman–Crippen MR) is 146 cm³/mol. The van der Waals surface area contributed by atoms with Crippen molar-refractivity contribution >= 4 is 11.4 Å². The molecule has 0 amide bonds. The van der Waals surface area contributed by atoms with Gasteiger partial charge in [0.05, 0.1) is 17.8 Å². The van der Waals surface area contributed by atoms with E-state index < -0.39 is 30.1 Å². The number of pyridine rings is 1. The van der Waals surface area contributed by atoms with Gasteiger partial charge in [-0.25, -0.2) is 4.98 Å². The molecule has 0 saturated heterocycles. The molecule has 4 heterocycles. The Hall–Kier alpha value is -3.10. The number of fused-ring (bicyclic) bond motifs is 1. The monoisotopic (exact) mass is 585 g/mol. The number of alkyl halides is 6. The van der Waals surface area contributed by atoms with Gasteiger partial charge in [-0.2, -0.15) is 26.3 Å². The van der Waals surface area contributed by atoms with Crippen molar-refractivity contribution in [1.82, 2.24) is 20.1 Å². The zero-order valence-electron chi connectivity index (χ0n) is 23.7. The van der Waals surface area contributed by atoms with Crippen LogP contribution in [0.4, 0.5) is 26.3 Å². The van der Waals surface area contributed by atoms with Crippen LogP contribution in [-0.4, -0.2) is 88.2 Å². The van der Waals surface area contributed by atoms with E-state index in [2.05, 4.69) is 29.1 Å². The molecular weight excluding hydrogens is 544 g/mol. The minimum atomic E-state index is -4.47. The van der Waals surface area contributed by atoms with Crippen LogP contribution in [-0.2, 0) is 0 Å². The molecule has 3 atom stereocenters. The van der Waals surface area contributed by atoms with Crippen molar-refractivity contribution in [1.29, 1.82) is 0 Å². The van der Waals surface area contributed by atoms with E-state index in [0.717, 1.165) is 17.7 Å². The van der Waals surface area contributed by atoms with Gasteiger partial charge in [0.2, 0.25) is 0 Å². The molecular formula is C26H41F6N5O3. The van der Waals surface area contributed by atoms with Crippen LogP contribution in [0.15, 0.2) is 47.3 Å². The first kappa shape index (κ1) is 39.0. The van der Waals surface area contributed by atoms with E-state index in [4.69, 9.17) is 0 Å². The average Bonchev–Trinajstić information content (AvgIpc) is 3.15. The van der Waals surface area contributed by atoms with Gasteiger partial charge in [-0.15, -0.1) is 0 Å². The fraction of sp³-hybridized carbons (Fsp3) is 0.538.